The summed E-state index contributed by atoms with van der Waals surface area (Å²) in [5.74, 6) is 0.505. The molecule has 0 radical (unpaired) electrons. The number of carbonyl (C=O) groups is 2. The van der Waals surface area contributed by atoms with Gasteiger partial charge in [-0.2, -0.15) is 0 Å². The molecule has 2 aliphatic heterocycles. The highest BCUT2D eigenvalue weighted by Gasteiger charge is 2.61. The summed E-state index contributed by atoms with van der Waals surface area (Å²) in [6.07, 6.45) is 12.0. The molecule has 2 N–H and O–H groups in total. The summed E-state index contributed by atoms with van der Waals surface area (Å²) < 4.78 is 18.9. The van der Waals surface area contributed by atoms with Crippen LogP contribution in [0.5, 0.6) is 11.5 Å². The van der Waals surface area contributed by atoms with Crippen LogP contribution in [0.15, 0.2) is 59.5 Å². The number of fused-ring (bicyclic) bond motifs is 1. The van der Waals surface area contributed by atoms with Gasteiger partial charge in [-0.3, -0.25) is 4.79 Å². The third kappa shape index (κ3) is 9.73. The van der Waals surface area contributed by atoms with Crippen molar-refractivity contribution in [2.45, 2.75) is 144 Å². The third-order valence-electron chi connectivity index (χ3n) is 12.2. The number of hydrogen-bond acceptors (Lipinski definition) is 7. The summed E-state index contributed by atoms with van der Waals surface area (Å²) in [6, 6.07) is 3.87. The van der Waals surface area contributed by atoms with Gasteiger partial charge >= 0.3 is 5.97 Å². The first-order valence-corrected chi connectivity index (χ1v) is 23.3. The Labute approximate surface area is 327 Å². The number of nitrogens with one attached hydrogen (secondary N) is 1. The highest BCUT2D eigenvalue weighted by atomic mass is 28.4. The zero-order valence-corrected chi connectivity index (χ0v) is 36.4. The maximum atomic E-state index is 13.8. The van der Waals surface area contributed by atoms with Gasteiger partial charge in [-0.05, 0) is 112 Å². The first kappa shape index (κ1) is 43.4. The number of β-lactam (4-membered cyclic amide) rings is 1. The molecule has 300 valence electrons. The fourth-order valence-corrected chi connectivity index (χ4v) is 9.50. The minimum Gasteiger partial charge on any atom is -0.507 e. The molecule has 0 aromatic heterocycles. The minimum absolute atomic E-state index is 0.00499. The van der Waals surface area contributed by atoms with E-state index in [1.807, 2.05) is 39.1 Å². The van der Waals surface area contributed by atoms with Crippen LogP contribution in [-0.2, 0) is 25.2 Å². The number of rotatable bonds is 18. The number of allylic oxidation sites excluding steroid dienone is 3. The van der Waals surface area contributed by atoms with E-state index in [1.54, 1.807) is 4.90 Å². The molecule has 4 rings (SSSR count). The lowest BCUT2D eigenvalue weighted by molar-refractivity contribution is -0.163. The molecule has 1 aliphatic carbocycles. The normalized spacial score (nSPS) is 23.7. The molecular weight excluding hydrogens is 693 g/mol. The van der Waals surface area contributed by atoms with Gasteiger partial charge in [0.25, 0.3) is 0 Å². The van der Waals surface area contributed by atoms with Gasteiger partial charge in [-0.1, -0.05) is 85.1 Å². The Balaban J connectivity index is 1.52. The minimum atomic E-state index is -2.12. The number of phenols is 1. The van der Waals surface area contributed by atoms with Gasteiger partial charge in [0.2, 0.25) is 5.91 Å². The molecule has 1 fully saturated rings. The number of ether oxygens (including phenoxy) is 2. The van der Waals surface area contributed by atoms with E-state index in [9.17, 15) is 14.7 Å². The predicted octanol–water partition coefficient (Wildman–Crippen LogP) is 9.96. The molecule has 2 heterocycles. The molecule has 1 saturated heterocycles. The van der Waals surface area contributed by atoms with E-state index in [1.165, 1.54) is 5.57 Å². The van der Waals surface area contributed by atoms with Crippen LogP contribution in [0.3, 0.4) is 0 Å². The summed E-state index contributed by atoms with van der Waals surface area (Å²) in [4.78, 5) is 29.0. The summed E-state index contributed by atoms with van der Waals surface area (Å²) in [7, 11) is -2.12. The topological polar surface area (TPSA) is 97.3 Å². The Morgan fingerprint density at radius 1 is 1.19 bits per heavy atom. The molecule has 0 spiro atoms. The lowest BCUT2D eigenvalue weighted by Crippen LogP contribution is -2.65. The smallest absolute Gasteiger partial charge is 0.355 e. The maximum absolute atomic E-state index is 13.8. The van der Waals surface area contributed by atoms with Crippen LogP contribution in [0.25, 0.3) is 0 Å². The van der Waals surface area contributed by atoms with Crippen LogP contribution in [0, 0.1) is 23.7 Å². The zero-order valence-electron chi connectivity index (χ0n) is 35.4. The van der Waals surface area contributed by atoms with Gasteiger partial charge in [-0.15, -0.1) is 0 Å². The van der Waals surface area contributed by atoms with Crippen molar-refractivity contribution in [3.63, 3.8) is 0 Å². The average Bonchev–Trinajstić information content (AvgIpc) is 3.31. The lowest BCUT2D eigenvalue weighted by atomic mass is 9.73. The van der Waals surface area contributed by atoms with Crippen molar-refractivity contribution in [3.8, 4) is 11.5 Å². The Hall–Kier alpha value is -3.30. The Kier molecular flexibility index (Phi) is 14.6. The van der Waals surface area contributed by atoms with E-state index >= 15 is 0 Å². The molecule has 3 aliphatic rings. The van der Waals surface area contributed by atoms with E-state index in [0.717, 1.165) is 60.8 Å². The first-order valence-electron chi connectivity index (χ1n) is 20.4. The first-order chi connectivity index (χ1) is 25.3. The Bertz CT molecular complexity index is 1620. The van der Waals surface area contributed by atoms with Gasteiger partial charge in [0.05, 0.1) is 24.7 Å². The fourth-order valence-electron chi connectivity index (χ4n) is 8.07. The number of amides is 1. The number of carbonyl (C=O) groups excluding carboxylic acids is 2. The molecule has 1 amide bonds. The van der Waals surface area contributed by atoms with E-state index in [4.69, 9.17) is 13.9 Å². The zero-order chi connectivity index (χ0) is 40.1. The number of hydrogen-bond donors (Lipinski definition) is 2. The summed E-state index contributed by atoms with van der Waals surface area (Å²) in [5, 5.41) is 14.9. The van der Waals surface area contributed by atoms with Crippen LogP contribution in [0.2, 0.25) is 18.1 Å². The Morgan fingerprint density at radius 3 is 2.52 bits per heavy atom. The number of aryl methyl sites for hydroxylation is 1. The second kappa shape index (κ2) is 18.1. The van der Waals surface area contributed by atoms with Crippen LogP contribution >= 0.6 is 0 Å². The molecule has 0 bridgehead atoms. The molecule has 6 atom stereocenters. The van der Waals surface area contributed by atoms with Gasteiger partial charge in [0.1, 0.15) is 23.8 Å². The molecule has 8 nitrogen and oxygen atoms in total. The monoisotopic (exact) mass is 763 g/mol. The van der Waals surface area contributed by atoms with Crippen LogP contribution in [-0.4, -0.2) is 62.1 Å². The molecule has 9 heteroatoms. The van der Waals surface area contributed by atoms with E-state index in [0.29, 0.717) is 24.6 Å². The molecular formula is C45H70N2O6Si. The summed E-state index contributed by atoms with van der Waals surface area (Å²) in [5.41, 5.74) is 5.57. The molecule has 1 aromatic rings. The van der Waals surface area contributed by atoms with Crippen molar-refractivity contribution in [1.29, 1.82) is 0 Å². The molecule has 1 unspecified atom stereocenters. The highest BCUT2D eigenvalue weighted by molar-refractivity contribution is 6.74. The standard InChI is InChI=1S/C45H70N2O6Si/c1-14-15-16-18-33-24-37(48)40(35-23-30(6)19-20-34(35)29(4)5)38(25-33)51-22-17-21-46-26-36-31(7)41-39(32(8)53-54(12,13)45(9,10)11)43(49)47(41)42(36)44(50)52-27-28(2)3/h17,21,23-25,28,31-32,34-35,39,41,46,48H,4,14-16,18-20,22,26-27H2,1-3,5-13H3/b21-17+/t31-,32+,34-,35+,39+,41?/m0/s1. The molecule has 1 aromatic carbocycles. The summed E-state index contributed by atoms with van der Waals surface area (Å²) >= 11 is 0. The highest BCUT2D eigenvalue weighted by Crippen LogP contribution is 2.50. The Morgan fingerprint density at radius 2 is 1.89 bits per heavy atom. The van der Waals surface area contributed by atoms with Crippen molar-refractivity contribution in [2.24, 2.45) is 23.7 Å². The van der Waals surface area contributed by atoms with Gasteiger partial charge in [0.15, 0.2) is 8.32 Å². The van der Waals surface area contributed by atoms with Crippen LogP contribution < -0.4 is 10.1 Å². The number of esters is 1. The largest absolute Gasteiger partial charge is 0.507 e. The van der Waals surface area contributed by atoms with Crippen molar-refractivity contribution < 1.29 is 28.6 Å². The van der Waals surface area contributed by atoms with Gasteiger partial charge in [-0.25, -0.2) is 4.79 Å². The summed E-state index contributed by atoms with van der Waals surface area (Å²) in [6.45, 7) is 30.8. The second-order valence-corrected chi connectivity index (χ2v) is 22.8. The van der Waals surface area contributed by atoms with E-state index < -0.39 is 14.3 Å². The van der Waals surface area contributed by atoms with Crippen molar-refractivity contribution >= 4 is 20.2 Å². The predicted molar refractivity (Wildman–Crippen MR) is 222 cm³/mol. The number of phenolic OH excluding ortho intramolecular Hbond substituents is 1. The SMILES string of the molecule is C=C(C)[C@@H]1CCC(C)=C[C@H]1c1c(O)cc(CCCCC)cc1OC/C=C/NCC1=C(C(=O)OCC(C)C)N2C(=O)[C@H]([C@@H](C)O[Si](C)(C)C(C)(C)C)C2[C@H]1C. The quantitative estimate of drug-likeness (QED) is 0.0505. The fraction of sp³-hybridized carbons (Fsp3) is 0.644. The van der Waals surface area contributed by atoms with Crippen molar-refractivity contribution in [1.82, 2.24) is 10.2 Å². The maximum Gasteiger partial charge on any atom is 0.355 e. The van der Waals surface area contributed by atoms with Crippen molar-refractivity contribution in [2.75, 3.05) is 19.8 Å². The molecule has 0 saturated carbocycles. The number of aromatic hydroxyl groups is 1. The van der Waals surface area contributed by atoms with Crippen molar-refractivity contribution in [3.05, 3.63) is 70.6 Å². The number of nitrogens with zero attached hydrogens (tertiary/aromatic N) is 1. The average molecular weight is 763 g/mol. The van der Waals surface area contributed by atoms with Crippen LogP contribution in [0.4, 0.5) is 0 Å². The third-order valence-corrected chi connectivity index (χ3v) is 16.7. The second-order valence-electron chi connectivity index (χ2n) is 18.1. The number of unbranched alkanes of at least 4 members (excludes halogenated alkanes) is 2. The van der Waals surface area contributed by atoms with E-state index in [2.05, 4.69) is 85.6 Å². The lowest BCUT2D eigenvalue weighted by Gasteiger charge is -2.50. The molecule has 54 heavy (non-hydrogen) atoms. The van der Waals surface area contributed by atoms with E-state index in [-0.39, 0.29) is 65.0 Å². The van der Waals surface area contributed by atoms with Gasteiger partial charge < -0.3 is 29.2 Å². The number of benzene rings is 1. The van der Waals surface area contributed by atoms with Crippen LogP contribution in [0.1, 0.15) is 118 Å². The van der Waals surface area contributed by atoms with Gasteiger partial charge in [0, 0.05) is 23.9 Å².